The Labute approximate surface area is 209 Å². The summed E-state index contributed by atoms with van der Waals surface area (Å²) in [5, 5.41) is 19.3. The van der Waals surface area contributed by atoms with E-state index in [1.54, 1.807) is 6.20 Å². The fourth-order valence-electron chi connectivity index (χ4n) is 4.98. The molecular formula is C26H26N10. The number of piperazine rings is 1. The summed E-state index contributed by atoms with van der Waals surface area (Å²) in [6.07, 6.45) is 4.70. The molecule has 7 rings (SSSR count). The normalized spacial score (nSPS) is 19.0. The van der Waals surface area contributed by atoms with E-state index in [-0.39, 0.29) is 0 Å². The summed E-state index contributed by atoms with van der Waals surface area (Å²) in [7, 11) is 0. The van der Waals surface area contributed by atoms with Crippen molar-refractivity contribution in [3.8, 4) is 17.5 Å². The lowest BCUT2D eigenvalue weighted by atomic mass is 9.87. The van der Waals surface area contributed by atoms with Gasteiger partial charge in [-0.25, -0.2) is 15.0 Å². The Kier molecular flexibility index (Phi) is 5.54. The van der Waals surface area contributed by atoms with Crippen molar-refractivity contribution in [2.75, 3.05) is 23.3 Å². The van der Waals surface area contributed by atoms with E-state index in [9.17, 15) is 0 Å². The van der Waals surface area contributed by atoms with Gasteiger partial charge in [-0.2, -0.15) is 10.4 Å². The van der Waals surface area contributed by atoms with Gasteiger partial charge in [0.15, 0.2) is 11.6 Å². The van der Waals surface area contributed by atoms with Crippen LogP contribution in [0.5, 0.6) is 0 Å². The second kappa shape index (κ2) is 9.02. The van der Waals surface area contributed by atoms with Crippen LogP contribution in [-0.2, 0) is 6.54 Å². The van der Waals surface area contributed by atoms with E-state index in [0.29, 0.717) is 29.3 Å². The van der Waals surface area contributed by atoms with E-state index in [4.69, 9.17) is 10.2 Å². The Balaban J connectivity index is 1.12. The van der Waals surface area contributed by atoms with Crippen LogP contribution in [0.3, 0.4) is 0 Å². The molecule has 0 radical (unpaired) electrons. The zero-order valence-electron chi connectivity index (χ0n) is 20.2. The first-order valence-corrected chi connectivity index (χ1v) is 12.0. The summed E-state index contributed by atoms with van der Waals surface area (Å²) in [5.41, 5.74) is 4.33. The fourth-order valence-corrected chi connectivity index (χ4v) is 4.98. The highest BCUT2D eigenvalue weighted by atomic mass is 15.4. The van der Waals surface area contributed by atoms with Crippen LogP contribution < -0.4 is 10.2 Å². The first kappa shape index (κ1) is 22.1. The second-order valence-electron chi connectivity index (χ2n) is 9.46. The summed E-state index contributed by atoms with van der Waals surface area (Å²) in [5.74, 6) is 3.02. The van der Waals surface area contributed by atoms with Crippen LogP contribution in [-0.4, -0.2) is 60.2 Å². The number of aromatic nitrogens is 6. The molecule has 4 aromatic rings. The molecule has 0 aromatic carbocycles. The highest BCUT2D eigenvalue weighted by molar-refractivity contribution is 5.61. The first-order valence-electron chi connectivity index (χ1n) is 12.0. The van der Waals surface area contributed by atoms with Crippen LogP contribution in [0.25, 0.3) is 11.4 Å². The molecule has 2 bridgehead atoms. The molecule has 2 N–H and O–H groups in total. The van der Waals surface area contributed by atoms with Crippen molar-refractivity contribution in [1.29, 1.82) is 5.26 Å². The molecule has 2 atom stereocenters. The monoisotopic (exact) mass is 478 g/mol. The highest BCUT2D eigenvalue weighted by Gasteiger charge is 2.44. The van der Waals surface area contributed by atoms with Gasteiger partial charge < -0.3 is 10.2 Å². The van der Waals surface area contributed by atoms with E-state index in [1.807, 2.05) is 50.4 Å². The molecule has 2 unspecified atom stereocenters. The van der Waals surface area contributed by atoms with Crippen molar-refractivity contribution < 1.29 is 0 Å². The van der Waals surface area contributed by atoms with Gasteiger partial charge in [-0.15, -0.1) is 0 Å². The van der Waals surface area contributed by atoms with E-state index >= 15 is 0 Å². The third-order valence-corrected chi connectivity index (χ3v) is 6.79. The van der Waals surface area contributed by atoms with Gasteiger partial charge in [0.1, 0.15) is 17.7 Å². The molecule has 10 nitrogen and oxygen atoms in total. The second-order valence-corrected chi connectivity index (χ2v) is 9.46. The summed E-state index contributed by atoms with van der Waals surface area (Å²) in [6, 6.07) is 14.8. The number of aryl methyl sites for hydroxylation is 2. The quantitative estimate of drug-likeness (QED) is 0.429. The maximum absolute atomic E-state index is 8.97. The molecule has 180 valence electrons. The van der Waals surface area contributed by atoms with Crippen molar-refractivity contribution in [3.05, 3.63) is 71.4 Å². The number of anilines is 3. The van der Waals surface area contributed by atoms with E-state index < -0.39 is 0 Å². The molecular weight excluding hydrogens is 452 g/mol. The largest absolute Gasteiger partial charge is 0.353 e. The number of hydrogen-bond acceptors (Lipinski definition) is 9. The molecule has 0 spiro atoms. The minimum atomic E-state index is 0.488. The lowest BCUT2D eigenvalue weighted by Crippen LogP contribution is -2.68. The third-order valence-electron chi connectivity index (χ3n) is 6.79. The number of nitrogens with zero attached hydrogens (tertiary/aromatic N) is 8. The lowest BCUT2D eigenvalue weighted by Gasteiger charge is -2.56. The molecule has 3 saturated heterocycles. The SMILES string of the molecule is Cc1cc(Nc2cc(C)[nH]n2)nc(-c2ccc(N3CC4CC(C3)N4Cc3ccc(C#N)cn3)nc2)n1. The van der Waals surface area contributed by atoms with Gasteiger partial charge in [-0.3, -0.25) is 15.0 Å². The maximum Gasteiger partial charge on any atom is 0.163 e. The summed E-state index contributed by atoms with van der Waals surface area (Å²) in [4.78, 5) is 23.3. The van der Waals surface area contributed by atoms with Crippen LogP contribution >= 0.6 is 0 Å². The van der Waals surface area contributed by atoms with Crippen LogP contribution in [0, 0.1) is 25.2 Å². The van der Waals surface area contributed by atoms with E-state index in [1.165, 1.54) is 6.42 Å². The number of aromatic amines is 1. The molecule has 10 heteroatoms. The number of nitriles is 1. The zero-order valence-corrected chi connectivity index (χ0v) is 20.2. The Morgan fingerprint density at radius 1 is 1.03 bits per heavy atom. The van der Waals surface area contributed by atoms with E-state index in [2.05, 4.69) is 52.4 Å². The number of nitrogens with one attached hydrogen (secondary N) is 2. The first-order chi connectivity index (χ1) is 17.5. The van der Waals surface area contributed by atoms with Gasteiger partial charge in [0.2, 0.25) is 0 Å². The summed E-state index contributed by atoms with van der Waals surface area (Å²) >= 11 is 0. The molecule has 3 aliphatic rings. The van der Waals surface area contributed by atoms with Crippen LogP contribution in [0.15, 0.2) is 48.8 Å². The Morgan fingerprint density at radius 2 is 1.89 bits per heavy atom. The van der Waals surface area contributed by atoms with Crippen molar-refractivity contribution in [2.45, 2.75) is 38.9 Å². The molecule has 0 aliphatic carbocycles. The van der Waals surface area contributed by atoms with Gasteiger partial charge in [-0.1, -0.05) is 0 Å². The maximum atomic E-state index is 8.97. The summed E-state index contributed by atoms with van der Waals surface area (Å²) < 4.78 is 0. The van der Waals surface area contributed by atoms with Crippen LogP contribution in [0.4, 0.5) is 17.5 Å². The average molecular weight is 479 g/mol. The standard InChI is InChI=1S/C26H26N10/c1-16-7-23(31-24-8-17(2)33-34-24)32-26(30-16)19-4-6-25(29-12-19)35-14-21-9-22(15-35)36(21)13-20-5-3-18(10-27)11-28-20/h3-8,11-12,21-22H,9,13-15H2,1-2H3,(H2,30,31,32,33,34). The number of pyridine rings is 2. The smallest absolute Gasteiger partial charge is 0.163 e. The summed E-state index contributed by atoms with van der Waals surface area (Å²) in [6.45, 7) is 6.61. The van der Waals surface area contributed by atoms with E-state index in [0.717, 1.165) is 53.9 Å². The number of H-pyrrole nitrogens is 1. The van der Waals surface area contributed by atoms with Crippen molar-refractivity contribution in [2.24, 2.45) is 0 Å². The topological polar surface area (TPSA) is 123 Å². The minimum Gasteiger partial charge on any atom is -0.353 e. The van der Waals surface area contributed by atoms with Gasteiger partial charge in [0.05, 0.1) is 11.3 Å². The molecule has 3 aliphatic heterocycles. The van der Waals surface area contributed by atoms with Gasteiger partial charge in [0, 0.05) is 73.2 Å². The predicted molar refractivity (Wildman–Crippen MR) is 136 cm³/mol. The van der Waals surface area contributed by atoms with Gasteiger partial charge in [-0.05, 0) is 44.5 Å². The zero-order chi connectivity index (χ0) is 24.6. The molecule has 4 aromatic heterocycles. The van der Waals surface area contributed by atoms with Crippen molar-refractivity contribution in [1.82, 2.24) is 35.0 Å². The predicted octanol–water partition coefficient (Wildman–Crippen LogP) is 3.35. The Morgan fingerprint density at radius 3 is 2.56 bits per heavy atom. The van der Waals surface area contributed by atoms with Crippen molar-refractivity contribution >= 4 is 17.5 Å². The molecule has 7 heterocycles. The highest BCUT2D eigenvalue weighted by Crippen LogP contribution is 2.35. The number of rotatable bonds is 6. The number of hydrogen-bond donors (Lipinski definition) is 2. The third kappa shape index (κ3) is 4.36. The van der Waals surface area contributed by atoms with Crippen LogP contribution in [0.1, 0.15) is 29.1 Å². The number of piperidine rings is 1. The molecule has 0 saturated carbocycles. The Bertz CT molecular complexity index is 1410. The van der Waals surface area contributed by atoms with Crippen LogP contribution in [0.2, 0.25) is 0 Å². The fraction of sp³-hybridized carbons (Fsp3) is 0.308. The number of fused-ring (bicyclic) bond motifs is 2. The average Bonchev–Trinajstić information content (AvgIpc) is 3.31. The minimum absolute atomic E-state index is 0.488. The molecule has 36 heavy (non-hydrogen) atoms. The van der Waals surface area contributed by atoms with Gasteiger partial charge in [0.25, 0.3) is 0 Å². The lowest BCUT2D eigenvalue weighted by molar-refractivity contribution is -0.00968. The molecule has 3 fully saturated rings. The molecule has 0 amide bonds. The van der Waals surface area contributed by atoms with Crippen molar-refractivity contribution in [3.63, 3.8) is 0 Å². The Hall–Kier alpha value is -4.36. The van der Waals surface area contributed by atoms with Gasteiger partial charge >= 0.3 is 0 Å².